The number of aliphatic carboxylic acids is 2. The van der Waals surface area contributed by atoms with Crippen LogP contribution in [0.3, 0.4) is 0 Å². The Balaban J connectivity index is 1.61. The summed E-state index contributed by atoms with van der Waals surface area (Å²) in [5.41, 5.74) is 0.584. The number of nitrogens with zero attached hydrogens (tertiary/aromatic N) is 1. The quantitative estimate of drug-likeness (QED) is 0.0329. The molecule has 4 rings (SSSR count). The summed E-state index contributed by atoms with van der Waals surface area (Å²) in [4.78, 5) is 65.1. The fraction of sp³-hybridized carbons (Fsp3) is 0.684. The first-order valence-corrected chi connectivity index (χ1v) is 19.9. The Kier molecular flexibility index (Phi) is 19.2. The van der Waals surface area contributed by atoms with Crippen molar-refractivity contribution < 1.29 is 118 Å². The summed E-state index contributed by atoms with van der Waals surface area (Å²) in [6, 6.07) is 3.10. The molecule has 12 N–H and O–H groups in total. The van der Waals surface area contributed by atoms with Crippen molar-refractivity contribution in [3.05, 3.63) is 35.9 Å². The molecule has 0 aromatic heterocycles. The first kappa shape index (κ1) is 52.9. The number of amides is 2. The fourth-order valence-corrected chi connectivity index (χ4v) is 7.09. The highest BCUT2D eigenvalue weighted by Gasteiger charge is 2.60. The van der Waals surface area contributed by atoms with Crippen molar-refractivity contribution in [1.29, 1.82) is 0 Å². The summed E-state index contributed by atoms with van der Waals surface area (Å²) >= 11 is 0. The summed E-state index contributed by atoms with van der Waals surface area (Å²) in [7, 11) is 0. The number of benzene rings is 1. The predicted octanol–water partition coefficient (Wildman–Crippen LogP) is -6.46. The highest BCUT2D eigenvalue weighted by Crippen LogP contribution is 2.39. The molecule has 1 aromatic carbocycles. The number of aliphatic hydroxyl groups is 8. The highest BCUT2D eigenvalue weighted by molar-refractivity contribution is 5.80. The van der Waals surface area contributed by atoms with Crippen molar-refractivity contribution in [2.75, 3.05) is 26.4 Å². The molecular weight excluding hydrogens is 882 g/mol. The lowest BCUT2D eigenvalue weighted by atomic mass is 9.88. The van der Waals surface area contributed by atoms with Crippen LogP contribution in [-0.2, 0) is 63.7 Å². The van der Waals surface area contributed by atoms with Crippen LogP contribution in [0.2, 0.25) is 0 Å². The van der Waals surface area contributed by atoms with Crippen LogP contribution in [0.4, 0.5) is 4.79 Å². The van der Waals surface area contributed by atoms with E-state index in [9.17, 15) is 80.1 Å². The average Bonchev–Trinajstić information content (AvgIpc) is 3.25. The lowest BCUT2D eigenvalue weighted by Gasteiger charge is -2.50. The van der Waals surface area contributed by atoms with E-state index in [1.54, 1.807) is 30.3 Å². The lowest BCUT2D eigenvalue weighted by molar-refractivity contribution is -0.381. The number of carbonyl (C=O) groups is 5. The number of aliphatic imine (C=N–C) groups is 1. The molecule has 0 bridgehead atoms. The van der Waals surface area contributed by atoms with Gasteiger partial charge < -0.3 is 105 Å². The zero-order valence-electron chi connectivity index (χ0n) is 35.0. The molecule has 3 aliphatic heterocycles. The molecule has 0 saturated carbocycles. The third kappa shape index (κ3) is 13.7. The van der Waals surface area contributed by atoms with Gasteiger partial charge in [-0.15, -0.1) is 0 Å². The molecule has 0 spiro atoms. The molecule has 0 unspecified atom stereocenters. The van der Waals surface area contributed by atoms with Crippen LogP contribution >= 0.6 is 0 Å². The average molecular weight is 937 g/mol. The summed E-state index contributed by atoms with van der Waals surface area (Å²) in [5.74, 6) is -9.53. The highest BCUT2D eigenvalue weighted by atomic mass is 16.8. The Morgan fingerprint density at radius 3 is 2.05 bits per heavy atom. The largest absolute Gasteiger partial charge is 0.862 e. The molecule has 1 aromatic rings. The summed E-state index contributed by atoms with van der Waals surface area (Å²) in [5, 5.41) is 124. The van der Waals surface area contributed by atoms with E-state index in [1.807, 2.05) is 0 Å². The van der Waals surface area contributed by atoms with Crippen molar-refractivity contribution in [1.82, 2.24) is 10.6 Å². The van der Waals surface area contributed by atoms with E-state index in [0.717, 1.165) is 20.8 Å². The second-order valence-corrected chi connectivity index (χ2v) is 15.2. The molecule has 2 amide bonds. The zero-order chi connectivity index (χ0) is 48.3. The monoisotopic (exact) mass is 936 g/mol. The van der Waals surface area contributed by atoms with Crippen molar-refractivity contribution in [2.45, 2.75) is 137 Å². The van der Waals surface area contributed by atoms with E-state index in [-0.39, 0.29) is 6.61 Å². The number of carboxylic acid groups (broad SMARTS) is 2. The van der Waals surface area contributed by atoms with Gasteiger partial charge in [0.25, 0.3) is 5.79 Å². The van der Waals surface area contributed by atoms with E-state index in [2.05, 4.69) is 20.4 Å². The van der Waals surface area contributed by atoms with Gasteiger partial charge in [0.2, 0.25) is 5.91 Å². The van der Waals surface area contributed by atoms with Crippen LogP contribution in [0, 0.1) is 0 Å². The molecule has 3 heterocycles. The van der Waals surface area contributed by atoms with Gasteiger partial charge in [-0.2, -0.15) is 0 Å². The Hall–Kier alpha value is -4.72. The second-order valence-electron chi connectivity index (χ2n) is 15.2. The normalized spacial score (nSPS) is 34.3. The van der Waals surface area contributed by atoms with E-state index >= 15 is 0 Å². The molecular formula is C38H54N3O24-. The molecule has 0 aliphatic carbocycles. The smallest absolute Gasteiger partial charge is 0.408 e. The molecule has 17 atom stereocenters. The van der Waals surface area contributed by atoms with Gasteiger partial charge in [0.1, 0.15) is 86.3 Å². The van der Waals surface area contributed by atoms with Gasteiger partial charge in [0, 0.05) is 20.3 Å². The molecule has 27 heteroatoms. The van der Waals surface area contributed by atoms with Crippen LogP contribution in [0.25, 0.3) is 0 Å². The van der Waals surface area contributed by atoms with E-state index in [0.29, 0.717) is 5.56 Å². The number of carboxylic acids is 2. The first-order valence-electron chi connectivity index (χ1n) is 19.9. The predicted molar refractivity (Wildman–Crippen MR) is 205 cm³/mol. The number of nitrogens with one attached hydrogen (secondary N) is 2. The first-order chi connectivity index (χ1) is 30.6. The molecule has 3 fully saturated rings. The summed E-state index contributed by atoms with van der Waals surface area (Å²) in [6.45, 7) is -1.13. The van der Waals surface area contributed by atoms with E-state index in [4.69, 9.17) is 33.2 Å². The third-order valence-corrected chi connectivity index (χ3v) is 10.3. The molecule has 27 nitrogen and oxygen atoms in total. The minimum Gasteiger partial charge on any atom is -0.862 e. The minimum atomic E-state index is -3.19. The number of ether oxygens (including phenoxy) is 8. The van der Waals surface area contributed by atoms with Crippen LogP contribution < -0.4 is 15.7 Å². The summed E-state index contributed by atoms with van der Waals surface area (Å²) in [6.07, 6.45) is -28.9. The van der Waals surface area contributed by atoms with Crippen molar-refractivity contribution in [2.24, 2.45) is 4.99 Å². The number of hydrogen-bond acceptors (Lipinski definition) is 23. The van der Waals surface area contributed by atoms with E-state index in [1.165, 1.54) is 0 Å². The van der Waals surface area contributed by atoms with Gasteiger partial charge in [-0.05, 0) is 18.4 Å². The van der Waals surface area contributed by atoms with Crippen molar-refractivity contribution >= 4 is 35.8 Å². The van der Waals surface area contributed by atoms with Crippen LogP contribution in [-0.4, -0.2) is 217 Å². The molecule has 0 radical (unpaired) electrons. The van der Waals surface area contributed by atoms with Gasteiger partial charge in [-0.3, -0.25) is 14.6 Å². The third-order valence-electron chi connectivity index (χ3n) is 10.3. The van der Waals surface area contributed by atoms with Crippen LogP contribution in [0.15, 0.2) is 35.3 Å². The van der Waals surface area contributed by atoms with Gasteiger partial charge in [0.15, 0.2) is 18.6 Å². The Morgan fingerprint density at radius 1 is 0.877 bits per heavy atom. The van der Waals surface area contributed by atoms with Gasteiger partial charge in [0.05, 0.1) is 25.9 Å². The number of hydrogen-bond donors (Lipinski definition) is 12. The Bertz CT molecular complexity index is 1790. The zero-order valence-corrected chi connectivity index (χ0v) is 35.0. The van der Waals surface area contributed by atoms with Gasteiger partial charge in [-0.1, -0.05) is 30.3 Å². The molecule has 65 heavy (non-hydrogen) atoms. The van der Waals surface area contributed by atoms with Crippen LogP contribution in [0.5, 0.6) is 0 Å². The Labute approximate surface area is 369 Å². The number of alkyl carbamates (subject to hydrolysis) is 1. The van der Waals surface area contributed by atoms with E-state index < -0.39 is 172 Å². The van der Waals surface area contributed by atoms with Crippen molar-refractivity contribution in [3.63, 3.8) is 0 Å². The second kappa shape index (κ2) is 23.6. The number of rotatable bonds is 20. The standard InChI is InChI=1S/C38H55N3O24/c1-15(44)39-24-20(47)9-38(36(55)56,64-31(24)26(49)21(48)14-58-17(3)46)65-32-28(51)23(11-43)62-35(29(32)52)63-30-25(40-16(2)45)34(61-22(10-42)27(30)50)59-13-19(33(53)54)41-37(57)60-12-18-7-5-4-6-8-18/h4-8,19-32,34-35,42-43,47-52H,9-14H2,1-3H3,(H,39,44)(H,40,45)(H,41,57)(H,53,54)(H,55,56)/p-1/t19-,20-,21+,22+,23+,24+,25+,26+,27-,28-,29+,30+,31+,32-,34-,35-,38-/m0/s1. The van der Waals surface area contributed by atoms with Gasteiger partial charge >= 0.3 is 24.0 Å². The fourth-order valence-electron chi connectivity index (χ4n) is 7.09. The molecule has 3 aliphatic rings. The summed E-state index contributed by atoms with van der Waals surface area (Å²) < 4.78 is 43.9. The molecule has 3 saturated heterocycles. The number of esters is 1. The maximum Gasteiger partial charge on any atom is 0.408 e. The number of carbonyl (C=O) groups excluding carboxylic acids is 3. The maximum absolute atomic E-state index is 13.0. The maximum atomic E-state index is 13.0. The number of aliphatic hydroxyl groups excluding tert-OH is 8. The Morgan fingerprint density at radius 2 is 1.49 bits per heavy atom. The topological polar surface area (TPSA) is 421 Å². The molecule has 366 valence electrons. The van der Waals surface area contributed by atoms with Gasteiger partial charge in [-0.25, -0.2) is 14.4 Å². The lowest BCUT2D eigenvalue weighted by Crippen LogP contribution is -2.70. The van der Waals surface area contributed by atoms with Crippen LogP contribution in [0.1, 0.15) is 32.8 Å². The minimum absolute atomic E-state index is 0.225. The van der Waals surface area contributed by atoms with Crippen molar-refractivity contribution in [3.8, 4) is 0 Å². The SMILES string of the molecule is CC(=O)N[C@H]1[C@@H](OC[C@H](NC(=O)OCc2ccccc2)C(=O)O)O[C@H](CO)[C@H](O)[C@@H]1O[C@@H]1O[C@H](CO)[C@H](O)[C@H](O[C@]2(C(=O)O)C[C@H](O)[C@@H](N=C(C)[O-])[C@H]([C@H](O)[C@H](O)COC(C)=O)O2)[C@H]1O.